The van der Waals surface area contributed by atoms with E-state index in [9.17, 15) is 0 Å². The average Bonchev–Trinajstić information content (AvgIpc) is 1.77. The summed E-state index contributed by atoms with van der Waals surface area (Å²) < 4.78 is 0. The van der Waals surface area contributed by atoms with Crippen LogP contribution in [0.1, 0.15) is 0 Å². The fourth-order valence-electron chi connectivity index (χ4n) is 0.264. The lowest BCUT2D eigenvalue weighted by Gasteiger charge is -1.87. The summed E-state index contributed by atoms with van der Waals surface area (Å²) >= 11 is 5.37. The molecule has 0 unspecified atom stereocenters. The number of nitrogen functional groups attached to an aromatic ring is 1. The third-order valence-electron chi connectivity index (χ3n) is 0.619. The predicted octanol–water partition coefficient (Wildman–Crippen LogP) is 0.107. The first-order chi connectivity index (χ1) is 3.80. The monoisotopic (exact) mass is 130 g/mol. The summed E-state index contributed by atoms with van der Waals surface area (Å²) in [4.78, 5) is 0. The van der Waals surface area contributed by atoms with Crippen LogP contribution in [0.4, 0.5) is 5.69 Å². The lowest BCUT2D eigenvalue weighted by atomic mass is 10.6. The largest absolute Gasteiger partial charge is 0.395 e. The first-order valence-electron chi connectivity index (χ1n) is 1.90. The van der Waals surface area contributed by atoms with Gasteiger partial charge in [-0.05, 0) is 5.21 Å². The molecule has 1 rings (SSSR count). The molecule has 0 amide bonds. The van der Waals surface area contributed by atoms with Crippen LogP contribution in [0, 0.1) is 0 Å². The number of hydrogen-bond acceptors (Lipinski definition) is 4. The number of nitrogens with zero attached hydrogens (tertiary/aromatic N) is 3. The van der Waals surface area contributed by atoms with Gasteiger partial charge in [-0.1, -0.05) is 11.6 Å². The normalized spacial score (nSPS) is 9.12. The van der Waals surface area contributed by atoms with E-state index in [1.54, 1.807) is 0 Å². The molecule has 42 valence electrons. The van der Waals surface area contributed by atoms with E-state index in [1.807, 2.05) is 0 Å². The smallest absolute Gasteiger partial charge is 0.177 e. The lowest BCUT2D eigenvalue weighted by molar-refractivity contribution is 0.869. The van der Waals surface area contributed by atoms with Gasteiger partial charge < -0.3 is 5.73 Å². The second-order valence-corrected chi connectivity index (χ2v) is 1.54. The van der Waals surface area contributed by atoms with Crippen LogP contribution in [0.15, 0.2) is 6.20 Å². The van der Waals surface area contributed by atoms with E-state index < -0.39 is 0 Å². The number of halogens is 1. The maximum absolute atomic E-state index is 5.37. The van der Waals surface area contributed by atoms with Gasteiger partial charge in [0, 0.05) is 0 Å². The zero-order chi connectivity index (χ0) is 5.98. The third-order valence-corrected chi connectivity index (χ3v) is 0.913. The van der Waals surface area contributed by atoms with Crippen LogP contribution in [-0.2, 0) is 0 Å². The standard InChI is InChI=1S/C3H3ClN4/c4-3-2(5)1-6-8-7-3/h1H,(H2,5,8). The number of anilines is 1. The summed E-state index contributed by atoms with van der Waals surface area (Å²) in [5, 5.41) is 10.2. The lowest BCUT2D eigenvalue weighted by Crippen LogP contribution is -1.92. The Morgan fingerprint density at radius 1 is 1.62 bits per heavy atom. The first-order valence-corrected chi connectivity index (χ1v) is 2.28. The highest BCUT2D eigenvalue weighted by atomic mass is 35.5. The van der Waals surface area contributed by atoms with E-state index in [4.69, 9.17) is 17.3 Å². The van der Waals surface area contributed by atoms with Crippen molar-refractivity contribution >= 4 is 17.3 Å². The molecule has 1 aromatic heterocycles. The summed E-state index contributed by atoms with van der Waals surface area (Å²) in [5.41, 5.74) is 5.57. The average molecular weight is 131 g/mol. The van der Waals surface area contributed by atoms with E-state index in [1.165, 1.54) is 6.20 Å². The van der Waals surface area contributed by atoms with Gasteiger partial charge in [-0.2, -0.15) is 0 Å². The van der Waals surface area contributed by atoms with Gasteiger partial charge in [-0.25, -0.2) is 0 Å². The minimum atomic E-state index is 0.194. The van der Waals surface area contributed by atoms with Crippen molar-refractivity contribution in [2.75, 3.05) is 5.73 Å². The molecule has 4 nitrogen and oxygen atoms in total. The molecule has 0 aromatic carbocycles. The van der Waals surface area contributed by atoms with Crippen molar-refractivity contribution in [3.05, 3.63) is 11.3 Å². The molecule has 1 aromatic rings. The molecule has 2 N–H and O–H groups in total. The Morgan fingerprint density at radius 3 is 2.75 bits per heavy atom. The summed E-state index contributed by atoms with van der Waals surface area (Å²) in [6.45, 7) is 0. The highest BCUT2D eigenvalue weighted by Gasteiger charge is 1.92. The van der Waals surface area contributed by atoms with Crippen LogP contribution < -0.4 is 5.73 Å². The van der Waals surface area contributed by atoms with E-state index in [0.717, 1.165) is 0 Å². The van der Waals surface area contributed by atoms with Gasteiger partial charge in [0.1, 0.15) is 0 Å². The Labute approximate surface area is 50.7 Å². The van der Waals surface area contributed by atoms with E-state index in [2.05, 4.69) is 15.4 Å². The predicted molar refractivity (Wildman–Crippen MR) is 29.2 cm³/mol. The Morgan fingerprint density at radius 2 is 2.38 bits per heavy atom. The van der Waals surface area contributed by atoms with Gasteiger partial charge in [0.2, 0.25) is 0 Å². The molecule has 0 bridgehead atoms. The molecular formula is C3H3ClN4. The number of rotatable bonds is 0. The Balaban J connectivity index is 3.13. The van der Waals surface area contributed by atoms with Crippen molar-refractivity contribution in [1.82, 2.24) is 15.4 Å². The van der Waals surface area contributed by atoms with Crippen LogP contribution in [0.2, 0.25) is 5.15 Å². The minimum Gasteiger partial charge on any atom is -0.395 e. The molecule has 0 saturated carbocycles. The second-order valence-electron chi connectivity index (χ2n) is 1.18. The highest BCUT2D eigenvalue weighted by molar-refractivity contribution is 6.31. The molecule has 0 aliphatic heterocycles. The summed E-state index contributed by atoms with van der Waals surface area (Å²) in [7, 11) is 0. The molecular weight excluding hydrogens is 128 g/mol. The molecule has 0 atom stereocenters. The number of nitrogens with two attached hydrogens (primary N) is 1. The van der Waals surface area contributed by atoms with Crippen molar-refractivity contribution in [2.24, 2.45) is 0 Å². The highest BCUT2D eigenvalue weighted by Crippen LogP contribution is 2.08. The van der Waals surface area contributed by atoms with E-state index in [-0.39, 0.29) is 5.15 Å². The van der Waals surface area contributed by atoms with Crippen LogP contribution in [0.3, 0.4) is 0 Å². The zero-order valence-corrected chi connectivity index (χ0v) is 4.63. The maximum atomic E-state index is 5.37. The van der Waals surface area contributed by atoms with Gasteiger partial charge >= 0.3 is 0 Å². The summed E-state index contributed by atoms with van der Waals surface area (Å²) in [5.74, 6) is 0. The van der Waals surface area contributed by atoms with Gasteiger partial charge in [-0.15, -0.1) is 10.2 Å². The van der Waals surface area contributed by atoms with Crippen molar-refractivity contribution in [1.29, 1.82) is 0 Å². The van der Waals surface area contributed by atoms with Gasteiger partial charge in [-0.3, -0.25) is 0 Å². The van der Waals surface area contributed by atoms with Crippen LogP contribution >= 0.6 is 11.6 Å². The maximum Gasteiger partial charge on any atom is 0.177 e. The topological polar surface area (TPSA) is 64.7 Å². The molecule has 8 heavy (non-hydrogen) atoms. The summed E-state index contributed by atoms with van der Waals surface area (Å²) in [6.07, 6.45) is 1.34. The van der Waals surface area contributed by atoms with Crippen LogP contribution in [0.25, 0.3) is 0 Å². The minimum absolute atomic E-state index is 0.194. The number of aromatic nitrogens is 3. The molecule has 0 aliphatic rings. The van der Waals surface area contributed by atoms with Crippen LogP contribution in [0.5, 0.6) is 0 Å². The molecule has 0 aliphatic carbocycles. The van der Waals surface area contributed by atoms with Crippen molar-refractivity contribution in [2.45, 2.75) is 0 Å². The molecule has 1 heterocycles. The molecule has 0 fully saturated rings. The second kappa shape index (κ2) is 1.92. The Kier molecular flexibility index (Phi) is 1.26. The van der Waals surface area contributed by atoms with E-state index >= 15 is 0 Å². The summed E-state index contributed by atoms with van der Waals surface area (Å²) in [6, 6.07) is 0. The molecule has 5 heteroatoms. The molecule has 0 saturated heterocycles. The first kappa shape index (κ1) is 5.24. The zero-order valence-electron chi connectivity index (χ0n) is 3.87. The Hall–Kier alpha value is -0.900. The van der Waals surface area contributed by atoms with E-state index in [0.29, 0.717) is 5.69 Å². The van der Waals surface area contributed by atoms with Gasteiger partial charge in [0.05, 0.1) is 11.9 Å². The molecule has 0 spiro atoms. The quantitative estimate of drug-likeness (QED) is 0.541. The van der Waals surface area contributed by atoms with Crippen molar-refractivity contribution in [3.63, 3.8) is 0 Å². The van der Waals surface area contributed by atoms with Crippen LogP contribution in [-0.4, -0.2) is 15.4 Å². The SMILES string of the molecule is Nc1cnnnc1Cl. The molecule has 0 radical (unpaired) electrons. The fourth-order valence-corrected chi connectivity index (χ4v) is 0.347. The fraction of sp³-hybridized carbons (Fsp3) is 0. The number of hydrogen-bond donors (Lipinski definition) is 1. The van der Waals surface area contributed by atoms with Gasteiger partial charge in [0.15, 0.2) is 5.15 Å². The van der Waals surface area contributed by atoms with Crippen molar-refractivity contribution < 1.29 is 0 Å². The third kappa shape index (κ3) is 0.840. The van der Waals surface area contributed by atoms with Gasteiger partial charge in [0.25, 0.3) is 0 Å². The van der Waals surface area contributed by atoms with Crippen molar-refractivity contribution in [3.8, 4) is 0 Å². The Bertz CT molecular complexity index is 167.